The number of ether oxygens (including phenoxy) is 2. The molecular weight excluding hydrogens is 356 g/mol. The number of cyclic esters (lactones) is 1. The van der Waals surface area contributed by atoms with Crippen LogP contribution in [0.2, 0.25) is 0 Å². The highest BCUT2D eigenvalue weighted by Crippen LogP contribution is 2.33. The van der Waals surface area contributed by atoms with Crippen molar-refractivity contribution in [3.8, 4) is 5.75 Å². The minimum absolute atomic E-state index is 0.243. The van der Waals surface area contributed by atoms with E-state index in [1.165, 1.54) is 29.2 Å². The molecule has 28 heavy (non-hydrogen) atoms. The molecule has 1 fully saturated rings. The highest BCUT2D eigenvalue weighted by atomic mass is 16.6. The lowest BCUT2D eigenvalue weighted by Gasteiger charge is -2.17. The van der Waals surface area contributed by atoms with Gasteiger partial charge in [-0.05, 0) is 61.2 Å². The van der Waals surface area contributed by atoms with Crippen LogP contribution in [0, 0.1) is 20.8 Å². The number of amides is 2. The molecule has 1 aliphatic heterocycles. The average Bonchev–Trinajstić information content (AvgIpc) is 3.09. The molecule has 0 radical (unpaired) electrons. The summed E-state index contributed by atoms with van der Waals surface area (Å²) < 4.78 is 10.3. The first-order valence-electron chi connectivity index (χ1n) is 9.08. The lowest BCUT2D eigenvalue weighted by Crippen LogP contribution is -2.23. The van der Waals surface area contributed by atoms with E-state index in [0.29, 0.717) is 30.3 Å². The van der Waals surface area contributed by atoms with E-state index >= 15 is 0 Å². The Labute approximate surface area is 164 Å². The van der Waals surface area contributed by atoms with Gasteiger partial charge in [0, 0.05) is 17.8 Å². The van der Waals surface area contributed by atoms with Crippen LogP contribution in [0.25, 0.3) is 6.08 Å². The molecule has 1 heterocycles. The number of anilines is 2. The Kier molecular flexibility index (Phi) is 5.68. The van der Waals surface area contributed by atoms with Crippen molar-refractivity contribution in [2.24, 2.45) is 0 Å². The molecule has 0 atom stereocenters. The van der Waals surface area contributed by atoms with Crippen LogP contribution < -0.4 is 15.0 Å². The van der Waals surface area contributed by atoms with Crippen LogP contribution in [0.3, 0.4) is 0 Å². The van der Waals surface area contributed by atoms with Gasteiger partial charge in [0.05, 0.1) is 19.3 Å². The summed E-state index contributed by atoms with van der Waals surface area (Å²) in [6.45, 7) is 6.97. The zero-order chi connectivity index (χ0) is 20.3. The summed E-state index contributed by atoms with van der Waals surface area (Å²) in [5, 5.41) is 2.82. The second-order valence-corrected chi connectivity index (χ2v) is 6.77. The van der Waals surface area contributed by atoms with Crippen LogP contribution in [0.15, 0.2) is 36.4 Å². The molecule has 2 amide bonds. The largest absolute Gasteiger partial charge is 0.494 e. The molecule has 1 N–H and O–H groups in total. The van der Waals surface area contributed by atoms with Gasteiger partial charge in [-0.15, -0.1) is 0 Å². The maximum Gasteiger partial charge on any atom is 0.414 e. The van der Waals surface area contributed by atoms with Crippen molar-refractivity contribution in [2.45, 2.75) is 20.8 Å². The Morgan fingerprint density at radius 2 is 1.89 bits per heavy atom. The Bertz CT molecular complexity index is 950. The summed E-state index contributed by atoms with van der Waals surface area (Å²) >= 11 is 0. The van der Waals surface area contributed by atoms with Crippen molar-refractivity contribution in [1.29, 1.82) is 0 Å². The summed E-state index contributed by atoms with van der Waals surface area (Å²) in [7, 11) is 1.52. The molecule has 1 saturated heterocycles. The predicted molar refractivity (Wildman–Crippen MR) is 110 cm³/mol. The van der Waals surface area contributed by atoms with Crippen LogP contribution in [-0.4, -0.2) is 32.3 Å². The van der Waals surface area contributed by atoms with Gasteiger partial charge in [-0.3, -0.25) is 9.69 Å². The monoisotopic (exact) mass is 380 g/mol. The van der Waals surface area contributed by atoms with Gasteiger partial charge < -0.3 is 14.8 Å². The van der Waals surface area contributed by atoms with E-state index in [0.717, 1.165) is 11.1 Å². The standard InChI is InChI=1S/C22H24N2O4/c1-14-11-16(3)17(12-15(14)2)5-8-21(25)23-18-6-7-19(20(13-18)27-4)24-9-10-28-22(24)26/h5-8,11-13H,9-10H2,1-4H3,(H,23,25). The third-order valence-electron chi connectivity index (χ3n) is 4.80. The molecule has 0 spiro atoms. The Balaban J connectivity index is 1.73. The summed E-state index contributed by atoms with van der Waals surface area (Å²) in [6.07, 6.45) is 2.92. The summed E-state index contributed by atoms with van der Waals surface area (Å²) in [6, 6.07) is 9.34. The number of nitrogens with zero attached hydrogens (tertiary/aromatic N) is 1. The molecule has 0 saturated carbocycles. The second-order valence-electron chi connectivity index (χ2n) is 6.77. The van der Waals surface area contributed by atoms with Gasteiger partial charge in [0.1, 0.15) is 12.4 Å². The van der Waals surface area contributed by atoms with Crippen molar-refractivity contribution in [1.82, 2.24) is 0 Å². The number of benzene rings is 2. The zero-order valence-electron chi connectivity index (χ0n) is 16.5. The third kappa shape index (κ3) is 4.17. The van der Waals surface area contributed by atoms with Gasteiger partial charge in [0.25, 0.3) is 0 Å². The van der Waals surface area contributed by atoms with Crippen LogP contribution in [-0.2, 0) is 9.53 Å². The van der Waals surface area contributed by atoms with Gasteiger partial charge in [0.2, 0.25) is 5.91 Å². The first kappa shape index (κ1) is 19.5. The predicted octanol–water partition coefficient (Wildman–Crippen LogP) is 4.23. The van der Waals surface area contributed by atoms with Gasteiger partial charge in [-0.2, -0.15) is 0 Å². The fraction of sp³-hybridized carbons (Fsp3) is 0.273. The highest BCUT2D eigenvalue weighted by molar-refractivity contribution is 6.02. The van der Waals surface area contributed by atoms with E-state index in [2.05, 4.69) is 31.3 Å². The molecule has 2 aromatic rings. The second kappa shape index (κ2) is 8.17. The molecule has 0 unspecified atom stereocenters. The number of methoxy groups -OCH3 is 1. The van der Waals surface area contributed by atoms with Gasteiger partial charge in [0.15, 0.2) is 0 Å². The lowest BCUT2D eigenvalue weighted by molar-refractivity contribution is -0.111. The average molecular weight is 380 g/mol. The number of nitrogens with one attached hydrogen (secondary N) is 1. The molecule has 6 nitrogen and oxygen atoms in total. The third-order valence-corrected chi connectivity index (χ3v) is 4.80. The highest BCUT2D eigenvalue weighted by Gasteiger charge is 2.26. The maximum atomic E-state index is 12.3. The first-order valence-corrected chi connectivity index (χ1v) is 9.08. The quantitative estimate of drug-likeness (QED) is 0.789. The Morgan fingerprint density at radius 1 is 1.14 bits per heavy atom. The van der Waals surface area contributed by atoms with Crippen LogP contribution in [0.5, 0.6) is 5.75 Å². The number of hydrogen-bond acceptors (Lipinski definition) is 4. The van der Waals surface area contributed by atoms with Crippen LogP contribution in [0.1, 0.15) is 22.3 Å². The number of hydrogen-bond donors (Lipinski definition) is 1. The van der Waals surface area contributed by atoms with Crippen molar-refractivity contribution >= 4 is 29.5 Å². The molecule has 2 aromatic carbocycles. The lowest BCUT2D eigenvalue weighted by atomic mass is 10.0. The fourth-order valence-corrected chi connectivity index (χ4v) is 3.10. The number of rotatable bonds is 5. The topological polar surface area (TPSA) is 67.9 Å². The molecule has 0 aromatic heterocycles. The van der Waals surface area contributed by atoms with Gasteiger partial charge >= 0.3 is 6.09 Å². The van der Waals surface area contributed by atoms with E-state index in [1.807, 2.05) is 13.0 Å². The normalized spacial score (nSPS) is 13.7. The molecular formula is C22H24N2O4. The van der Waals surface area contributed by atoms with E-state index in [9.17, 15) is 9.59 Å². The molecule has 146 valence electrons. The number of aryl methyl sites for hydroxylation is 3. The van der Waals surface area contributed by atoms with Crippen molar-refractivity contribution in [2.75, 3.05) is 30.5 Å². The summed E-state index contributed by atoms with van der Waals surface area (Å²) in [5.41, 5.74) is 5.75. The SMILES string of the molecule is COc1cc(NC(=O)C=Cc2cc(C)c(C)cc2C)ccc1N1CCOC1=O. The molecule has 1 aliphatic rings. The summed E-state index contributed by atoms with van der Waals surface area (Å²) in [4.78, 5) is 25.6. The van der Waals surface area contributed by atoms with E-state index in [4.69, 9.17) is 9.47 Å². The molecule has 6 heteroatoms. The van der Waals surface area contributed by atoms with Crippen LogP contribution >= 0.6 is 0 Å². The smallest absolute Gasteiger partial charge is 0.414 e. The number of carbonyl (C=O) groups excluding carboxylic acids is 2. The maximum absolute atomic E-state index is 12.3. The Hall–Kier alpha value is -3.28. The first-order chi connectivity index (χ1) is 13.4. The van der Waals surface area contributed by atoms with Crippen molar-refractivity contribution < 1.29 is 19.1 Å². The zero-order valence-corrected chi connectivity index (χ0v) is 16.5. The van der Waals surface area contributed by atoms with Crippen LogP contribution in [0.4, 0.5) is 16.2 Å². The number of carbonyl (C=O) groups is 2. The minimum atomic E-state index is -0.401. The van der Waals surface area contributed by atoms with E-state index < -0.39 is 6.09 Å². The van der Waals surface area contributed by atoms with Crippen molar-refractivity contribution in [3.63, 3.8) is 0 Å². The summed E-state index contributed by atoms with van der Waals surface area (Å²) in [5.74, 6) is 0.249. The van der Waals surface area contributed by atoms with Crippen molar-refractivity contribution in [3.05, 3.63) is 58.7 Å². The van der Waals surface area contributed by atoms with Gasteiger partial charge in [-0.25, -0.2) is 4.79 Å². The van der Waals surface area contributed by atoms with E-state index in [-0.39, 0.29) is 5.91 Å². The minimum Gasteiger partial charge on any atom is -0.494 e. The Morgan fingerprint density at radius 3 is 2.57 bits per heavy atom. The molecule has 0 bridgehead atoms. The van der Waals surface area contributed by atoms with E-state index in [1.54, 1.807) is 18.2 Å². The van der Waals surface area contributed by atoms with Gasteiger partial charge in [-0.1, -0.05) is 12.1 Å². The molecule has 0 aliphatic carbocycles. The molecule has 3 rings (SSSR count). The fourth-order valence-electron chi connectivity index (χ4n) is 3.10.